The molecule has 0 aromatic heterocycles. The monoisotopic (exact) mass is 472 g/mol. The lowest BCUT2D eigenvalue weighted by Gasteiger charge is -2.33. The normalized spacial score (nSPS) is 15.2. The molecule has 0 saturated heterocycles. The van der Waals surface area contributed by atoms with Crippen molar-refractivity contribution in [3.8, 4) is 0 Å². The quantitative estimate of drug-likeness (QED) is 0.455. The van der Waals surface area contributed by atoms with Crippen LogP contribution < -0.4 is 5.32 Å². The first-order valence-electron chi connectivity index (χ1n) is 11.5. The Morgan fingerprint density at radius 1 is 1.09 bits per heavy atom. The maximum absolute atomic E-state index is 13.4. The van der Waals surface area contributed by atoms with E-state index in [4.69, 9.17) is 11.6 Å². The van der Waals surface area contributed by atoms with Crippen LogP contribution in [0.1, 0.15) is 56.6 Å². The van der Waals surface area contributed by atoms with Gasteiger partial charge in [-0.3, -0.25) is 9.59 Å². The molecule has 1 fully saturated rings. The highest BCUT2D eigenvalue weighted by Gasteiger charge is 2.30. The molecule has 2 amide bonds. The summed E-state index contributed by atoms with van der Waals surface area (Å²) in [4.78, 5) is 29.4. The number of nitrogens with zero attached hydrogens (tertiary/aromatic N) is 1. The second-order valence-electron chi connectivity index (χ2n) is 8.48. The van der Waals surface area contributed by atoms with Gasteiger partial charge in [0.2, 0.25) is 11.8 Å². The van der Waals surface area contributed by atoms with Crippen molar-refractivity contribution in [3.05, 3.63) is 64.7 Å². The summed E-state index contributed by atoms with van der Waals surface area (Å²) < 4.78 is 0. The Labute approximate surface area is 201 Å². The molecule has 2 aromatic carbocycles. The topological polar surface area (TPSA) is 49.4 Å². The molecule has 4 nitrogen and oxygen atoms in total. The summed E-state index contributed by atoms with van der Waals surface area (Å²) in [5.41, 5.74) is 2.04. The van der Waals surface area contributed by atoms with Crippen molar-refractivity contribution in [2.75, 3.05) is 5.75 Å². The zero-order chi connectivity index (χ0) is 22.9. The first kappa shape index (κ1) is 24.7. The van der Waals surface area contributed by atoms with E-state index in [0.29, 0.717) is 18.0 Å². The average molecular weight is 473 g/mol. The highest BCUT2D eigenvalue weighted by molar-refractivity contribution is 8.00. The first-order valence-corrected chi connectivity index (χ1v) is 12.9. The highest BCUT2D eigenvalue weighted by Crippen LogP contribution is 2.24. The fourth-order valence-electron chi connectivity index (χ4n) is 4.14. The Morgan fingerprint density at radius 3 is 2.44 bits per heavy atom. The van der Waals surface area contributed by atoms with Gasteiger partial charge < -0.3 is 10.2 Å². The molecular formula is C26H33ClN2O2S. The van der Waals surface area contributed by atoms with E-state index in [-0.39, 0.29) is 23.6 Å². The summed E-state index contributed by atoms with van der Waals surface area (Å²) in [7, 11) is 0. The second kappa shape index (κ2) is 12.3. The summed E-state index contributed by atoms with van der Waals surface area (Å²) in [5.74, 6) is 0.169. The Morgan fingerprint density at radius 2 is 1.78 bits per heavy atom. The summed E-state index contributed by atoms with van der Waals surface area (Å²) in [6, 6.07) is 15.4. The lowest BCUT2D eigenvalue weighted by molar-refractivity contribution is -0.139. The molecule has 6 heteroatoms. The van der Waals surface area contributed by atoms with Crippen LogP contribution in [0.25, 0.3) is 0 Å². The number of thioether (sulfide) groups is 1. The number of aryl methyl sites for hydroxylation is 1. The van der Waals surface area contributed by atoms with Crippen LogP contribution in [0.3, 0.4) is 0 Å². The van der Waals surface area contributed by atoms with Crippen LogP contribution in [0, 0.1) is 6.92 Å². The number of amides is 2. The van der Waals surface area contributed by atoms with Crippen LogP contribution in [0.15, 0.2) is 53.4 Å². The molecule has 0 heterocycles. The molecule has 1 saturated carbocycles. The molecule has 1 atom stereocenters. The zero-order valence-electron chi connectivity index (χ0n) is 19.0. The van der Waals surface area contributed by atoms with Gasteiger partial charge in [0.05, 0.1) is 5.75 Å². The molecule has 0 unspecified atom stereocenters. The molecule has 1 N–H and O–H groups in total. The molecule has 172 valence electrons. The van der Waals surface area contributed by atoms with Crippen molar-refractivity contribution in [2.45, 2.75) is 75.9 Å². The van der Waals surface area contributed by atoms with Gasteiger partial charge in [-0.05, 0) is 49.9 Å². The SMILES string of the molecule is CC[C@H](C(=O)NC1CCCCC1)N(Cc1ccccc1Cl)C(=O)CSc1ccc(C)cc1. The molecule has 0 aliphatic heterocycles. The van der Waals surface area contributed by atoms with E-state index in [1.54, 1.807) is 4.90 Å². The number of nitrogens with one attached hydrogen (secondary N) is 1. The standard InChI is InChI=1S/C26H33ClN2O2S/c1-3-24(26(31)28-21-10-5-4-6-11-21)29(17-20-9-7-8-12-23(20)27)25(30)18-32-22-15-13-19(2)14-16-22/h7-9,12-16,21,24H,3-6,10-11,17-18H2,1-2H3,(H,28,31)/t24-/m1/s1. The smallest absolute Gasteiger partial charge is 0.243 e. The average Bonchev–Trinajstić information content (AvgIpc) is 2.80. The summed E-state index contributed by atoms with van der Waals surface area (Å²) in [5, 5.41) is 3.82. The van der Waals surface area contributed by atoms with Gasteiger partial charge >= 0.3 is 0 Å². The Hall–Kier alpha value is -1.98. The van der Waals surface area contributed by atoms with Crippen LogP contribution in [-0.2, 0) is 16.1 Å². The minimum Gasteiger partial charge on any atom is -0.352 e. The molecule has 1 aliphatic rings. The van der Waals surface area contributed by atoms with E-state index in [9.17, 15) is 9.59 Å². The zero-order valence-corrected chi connectivity index (χ0v) is 20.6. The van der Waals surface area contributed by atoms with Crippen LogP contribution in [0.4, 0.5) is 0 Å². The highest BCUT2D eigenvalue weighted by atomic mass is 35.5. The predicted molar refractivity (Wildman–Crippen MR) is 133 cm³/mol. The summed E-state index contributed by atoms with van der Waals surface area (Å²) >= 11 is 7.90. The van der Waals surface area contributed by atoms with Gasteiger partial charge in [-0.15, -0.1) is 11.8 Å². The van der Waals surface area contributed by atoms with Crippen molar-refractivity contribution in [2.24, 2.45) is 0 Å². The van der Waals surface area contributed by atoms with Crippen molar-refractivity contribution in [1.82, 2.24) is 10.2 Å². The maximum atomic E-state index is 13.4. The molecule has 0 bridgehead atoms. The lowest BCUT2D eigenvalue weighted by Crippen LogP contribution is -2.52. The van der Waals surface area contributed by atoms with Gasteiger partial charge in [0.15, 0.2) is 0 Å². The third-order valence-corrected chi connectivity index (χ3v) is 7.38. The van der Waals surface area contributed by atoms with Crippen LogP contribution in [0.5, 0.6) is 0 Å². The molecule has 0 radical (unpaired) electrons. The number of rotatable bonds is 9. The predicted octanol–water partition coefficient (Wildman–Crippen LogP) is 6.00. The molecule has 2 aromatic rings. The third kappa shape index (κ3) is 7.01. The molecule has 32 heavy (non-hydrogen) atoms. The van der Waals surface area contributed by atoms with Gasteiger partial charge in [-0.25, -0.2) is 0 Å². The van der Waals surface area contributed by atoms with Crippen molar-refractivity contribution in [3.63, 3.8) is 0 Å². The van der Waals surface area contributed by atoms with E-state index < -0.39 is 6.04 Å². The largest absolute Gasteiger partial charge is 0.352 e. The van der Waals surface area contributed by atoms with Crippen molar-refractivity contribution in [1.29, 1.82) is 0 Å². The summed E-state index contributed by atoms with van der Waals surface area (Å²) in [6.07, 6.45) is 6.13. The van der Waals surface area contributed by atoms with E-state index in [1.165, 1.54) is 23.7 Å². The molecule has 3 rings (SSSR count). The number of halogens is 1. The fourth-order valence-corrected chi connectivity index (χ4v) is 5.12. The number of benzene rings is 2. The van der Waals surface area contributed by atoms with Gasteiger partial charge in [-0.1, -0.05) is 73.7 Å². The van der Waals surface area contributed by atoms with Crippen molar-refractivity contribution < 1.29 is 9.59 Å². The summed E-state index contributed by atoms with van der Waals surface area (Å²) in [6.45, 7) is 4.33. The Bertz CT molecular complexity index is 897. The van der Waals surface area contributed by atoms with E-state index in [2.05, 4.69) is 5.32 Å². The Balaban J connectivity index is 1.75. The van der Waals surface area contributed by atoms with Crippen LogP contribution in [0.2, 0.25) is 5.02 Å². The van der Waals surface area contributed by atoms with Gasteiger partial charge in [0, 0.05) is 22.5 Å². The van der Waals surface area contributed by atoms with Crippen molar-refractivity contribution >= 4 is 35.2 Å². The molecular weight excluding hydrogens is 440 g/mol. The second-order valence-corrected chi connectivity index (χ2v) is 9.94. The minimum atomic E-state index is -0.515. The maximum Gasteiger partial charge on any atom is 0.243 e. The van der Waals surface area contributed by atoms with Crippen LogP contribution >= 0.6 is 23.4 Å². The first-order chi connectivity index (χ1) is 15.5. The molecule has 1 aliphatic carbocycles. The fraction of sp³-hybridized carbons (Fsp3) is 0.462. The number of carbonyl (C=O) groups is 2. The molecule has 0 spiro atoms. The van der Waals surface area contributed by atoms with Gasteiger partial charge in [0.25, 0.3) is 0 Å². The van der Waals surface area contributed by atoms with Gasteiger partial charge in [0.1, 0.15) is 6.04 Å². The minimum absolute atomic E-state index is 0.0545. The van der Waals surface area contributed by atoms with E-state index in [0.717, 1.165) is 36.1 Å². The van der Waals surface area contributed by atoms with E-state index in [1.807, 2.05) is 62.4 Å². The van der Waals surface area contributed by atoms with E-state index >= 15 is 0 Å². The van der Waals surface area contributed by atoms with Crippen LogP contribution in [-0.4, -0.2) is 34.6 Å². The number of hydrogen-bond donors (Lipinski definition) is 1. The lowest BCUT2D eigenvalue weighted by atomic mass is 9.95. The number of hydrogen-bond acceptors (Lipinski definition) is 3. The Kier molecular flexibility index (Phi) is 9.49. The van der Waals surface area contributed by atoms with Gasteiger partial charge in [-0.2, -0.15) is 0 Å². The number of carbonyl (C=O) groups excluding carboxylic acids is 2. The third-order valence-electron chi connectivity index (χ3n) is 6.02.